The number of rotatable bonds is 3. The van der Waals surface area contributed by atoms with Gasteiger partial charge in [0.25, 0.3) is 5.91 Å². The van der Waals surface area contributed by atoms with Gasteiger partial charge in [-0.25, -0.2) is 4.39 Å². The first-order valence-corrected chi connectivity index (χ1v) is 6.19. The Morgan fingerprint density at radius 3 is 2.21 bits per heavy atom. The van der Waals surface area contributed by atoms with E-state index >= 15 is 0 Å². The third-order valence-electron chi connectivity index (χ3n) is 3.03. The van der Waals surface area contributed by atoms with E-state index in [1.54, 1.807) is 0 Å². The molecule has 19 heavy (non-hydrogen) atoms. The van der Waals surface area contributed by atoms with Crippen LogP contribution in [0, 0.1) is 12.7 Å². The van der Waals surface area contributed by atoms with Gasteiger partial charge in [-0.3, -0.25) is 4.79 Å². The van der Waals surface area contributed by atoms with Crippen LogP contribution in [0.4, 0.5) is 4.39 Å². The molecule has 2 rings (SSSR count). The van der Waals surface area contributed by atoms with Crippen molar-refractivity contribution in [3.8, 4) is 0 Å². The first-order valence-electron chi connectivity index (χ1n) is 6.19. The smallest absolute Gasteiger partial charge is 0.251 e. The second-order valence-electron chi connectivity index (χ2n) is 4.61. The van der Waals surface area contributed by atoms with Gasteiger partial charge in [-0.2, -0.15) is 0 Å². The molecule has 2 aromatic rings. The Hall–Kier alpha value is -2.16. The maximum Gasteiger partial charge on any atom is 0.251 e. The number of hydrogen-bond acceptors (Lipinski definition) is 1. The number of halogens is 1. The molecule has 0 aromatic heterocycles. The predicted octanol–water partition coefficient (Wildman–Crippen LogP) is 3.63. The maximum absolute atomic E-state index is 12.8. The Morgan fingerprint density at radius 1 is 1.05 bits per heavy atom. The fraction of sp³-hybridized carbons (Fsp3) is 0.188. The molecule has 0 aliphatic heterocycles. The molecule has 2 aromatic carbocycles. The van der Waals surface area contributed by atoms with Crippen LogP contribution in [0.3, 0.4) is 0 Å². The molecule has 3 heteroatoms. The van der Waals surface area contributed by atoms with Crippen LogP contribution in [0.1, 0.15) is 34.5 Å². The minimum absolute atomic E-state index is 0.0850. The molecular weight excluding hydrogens is 241 g/mol. The average Bonchev–Trinajstić information content (AvgIpc) is 2.40. The van der Waals surface area contributed by atoms with Crippen LogP contribution in [0.2, 0.25) is 0 Å². The van der Waals surface area contributed by atoms with Crippen LogP contribution in [-0.2, 0) is 0 Å². The average molecular weight is 257 g/mol. The highest BCUT2D eigenvalue weighted by Gasteiger charge is 2.11. The van der Waals surface area contributed by atoms with E-state index in [-0.39, 0.29) is 17.8 Å². The second kappa shape index (κ2) is 5.65. The topological polar surface area (TPSA) is 29.1 Å². The molecule has 0 bridgehead atoms. The first kappa shape index (κ1) is 13.3. The number of aryl methyl sites for hydroxylation is 1. The minimum atomic E-state index is -0.344. The zero-order valence-corrected chi connectivity index (χ0v) is 11.0. The lowest BCUT2D eigenvalue weighted by Gasteiger charge is -2.14. The summed E-state index contributed by atoms with van der Waals surface area (Å²) in [6.45, 7) is 3.94. The van der Waals surface area contributed by atoms with Gasteiger partial charge in [-0.15, -0.1) is 0 Å². The van der Waals surface area contributed by atoms with Crippen LogP contribution < -0.4 is 5.32 Å². The summed E-state index contributed by atoms with van der Waals surface area (Å²) in [6.07, 6.45) is 0. The normalized spacial score (nSPS) is 11.9. The highest BCUT2D eigenvalue weighted by atomic mass is 19.1. The van der Waals surface area contributed by atoms with E-state index in [2.05, 4.69) is 5.32 Å². The molecule has 0 unspecified atom stereocenters. The molecule has 2 nitrogen and oxygen atoms in total. The molecule has 0 spiro atoms. The van der Waals surface area contributed by atoms with E-state index in [0.717, 1.165) is 5.56 Å². The number of hydrogen-bond donors (Lipinski definition) is 1. The molecular formula is C16H16FNO. The van der Waals surface area contributed by atoms with Crippen molar-refractivity contribution in [2.75, 3.05) is 0 Å². The lowest BCUT2D eigenvalue weighted by atomic mass is 10.1. The van der Waals surface area contributed by atoms with Gasteiger partial charge in [-0.05, 0) is 43.7 Å². The van der Waals surface area contributed by atoms with Gasteiger partial charge in [0.1, 0.15) is 5.82 Å². The quantitative estimate of drug-likeness (QED) is 0.893. The van der Waals surface area contributed by atoms with Gasteiger partial charge in [0.2, 0.25) is 0 Å². The fourth-order valence-corrected chi connectivity index (χ4v) is 1.82. The van der Waals surface area contributed by atoms with E-state index < -0.39 is 0 Å². The van der Waals surface area contributed by atoms with Gasteiger partial charge in [0, 0.05) is 5.56 Å². The Labute approximate surface area is 112 Å². The molecule has 0 saturated carbocycles. The number of benzene rings is 2. The van der Waals surface area contributed by atoms with Crippen LogP contribution in [-0.4, -0.2) is 5.91 Å². The summed E-state index contributed by atoms with van der Waals surface area (Å²) in [6, 6.07) is 13.4. The van der Waals surface area contributed by atoms with Gasteiger partial charge in [0.05, 0.1) is 6.04 Å². The summed E-state index contributed by atoms with van der Waals surface area (Å²) in [5, 5.41) is 2.89. The zero-order valence-electron chi connectivity index (χ0n) is 11.0. The maximum atomic E-state index is 12.8. The summed E-state index contributed by atoms with van der Waals surface area (Å²) >= 11 is 0. The number of carbonyl (C=O) groups is 1. The Morgan fingerprint density at radius 2 is 1.63 bits per heavy atom. The van der Waals surface area contributed by atoms with E-state index in [1.807, 2.05) is 38.1 Å². The Kier molecular flexibility index (Phi) is 3.95. The van der Waals surface area contributed by atoms with Crippen molar-refractivity contribution in [3.05, 3.63) is 71.0 Å². The zero-order chi connectivity index (χ0) is 13.8. The molecule has 1 amide bonds. The SMILES string of the molecule is Cc1ccc([C@H](C)NC(=O)c2ccc(F)cc2)cc1. The van der Waals surface area contributed by atoms with Gasteiger partial charge in [0.15, 0.2) is 0 Å². The predicted molar refractivity (Wildman–Crippen MR) is 73.5 cm³/mol. The van der Waals surface area contributed by atoms with Crippen LogP contribution in [0.25, 0.3) is 0 Å². The third kappa shape index (κ3) is 3.41. The molecule has 0 saturated heterocycles. The molecule has 0 aliphatic rings. The Bertz CT molecular complexity index is 560. The lowest BCUT2D eigenvalue weighted by molar-refractivity contribution is 0.0940. The van der Waals surface area contributed by atoms with Gasteiger partial charge >= 0.3 is 0 Å². The van der Waals surface area contributed by atoms with E-state index in [4.69, 9.17) is 0 Å². The van der Waals surface area contributed by atoms with Gasteiger partial charge < -0.3 is 5.32 Å². The molecule has 0 aliphatic carbocycles. The largest absolute Gasteiger partial charge is 0.346 e. The minimum Gasteiger partial charge on any atom is -0.346 e. The molecule has 98 valence electrons. The van der Waals surface area contributed by atoms with Crippen molar-refractivity contribution in [2.45, 2.75) is 19.9 Å². The molecule has 1 N–H and O–H groups in total. The molecule has 0 fully saturated rings. The standard InChI is InChI=1S/C16H16FNO/c1-11-3-5-13(6-4-11)12(2)18-16(19)14-7-9-15(17)10-8-14/h3-10,12H,1-2H3,(H,18,19)/t12-/m0/s1. The molecule has 0 radical (unpaired) electrons. The first-order chi connectivity index (χ1) is 9.06. The molecule has 1 atom stereocenters. The highest BCUT2D eigenvalue weighted by Crippen LogP contribution is 2.14. The van der Waals surface area contributed by atoms with E-state index in [0.29, 0.717) is 5.56 Å². The van der Waals surface area contributed by atoms with E-state index in [9.17, 15) is 9.18 Å². The highest BCUT2D eigenvalue weighted by molar-refractivity contribution is 5.94. The lowest BCUT2D eigenvalue weighted by Crippen LogP contribution is -2.26. The summed E-state index contributed by atoms with van der Waals surface area (Å²) in [7, 11) is 0. The third-order valence-corrected chi connectivity index (χ3v) is 3.03. The van der Waals surface area contributed by atoms with Crippen molar-refractivity contribution in [1.29, 1.82) is 0 Å². The van der Waals surface area contributed by atoms with Crippen LogP contribution in [0.5, 0.6) is 0 Å². The number of amides is 1. The summed E-state index contributed by atoms with van der Waals surface area (Å²) in [5.41, 5.74) is 2.68. The van der Waals surface area contributed by atoms with Gasteiger partial charge in [-0.1, -0.05) is 29.8 Å². The Balaban J connectivity index is 2.06. The summed E-state index contributed by atoms with van der Waals surface area (Å²) < 4.78 is 12.8. The van der Waals surface area contributed by atoms with Crippen molar-refractivity contribution in [3.63, 3.8) is 0 Å². The number of carbonyl (C=O) groups excluding carboxylic acids is 1. The van der Waals surface area contributed by atoms with Crippen LogP contribution in [0.15, 0.2) is 48.5 Å². The molecule has 0 heterocycles. The second-order valence-corrected chi connectivity index (χ2v) is 4.61. The van der Waals surface area contributed by atoms with E-state index in [1.165, 1.54) is 29.8 Å². The monoisotopic (exact) mass is 257 g/mol. The number of nitrogens with one attached hydrogen (secondary N) is 1. The van der Waals surface area contributed by atoms with Crippen molar-refractivity contribution >= 4 is 5.91 Å². The summed E-state index contributed by atoms with van der Waals surface area (Å²) in [5.74, 6) is -0.545. The van der Waals surface area contributed by atoms with Crippen molar-refractivity contribution < 1.29 is 9.18 Å². The van der Waals surface area contributed by atoms with Crippen molar-refractivity contribution in [2.24, 2.45) is 0 Å². The summed E-state index contributed by atoms with van der Waals surface area (Å²) in [4.78, 5) is 12.0. The fourth-order valence-electron chi connectivity index (χ4n) is 1.82. The van der Waals surface area contributed by atoms with Crippen LogP contribution >= 0.6 is 0 Å². The van der Waals surface area contributed by atoms with Crippen molar-refractivity contribution in [1.82, 2.24) is 5.32 Å².